The van der Waals surface area contributed by atoms with Crippen LogP contribution in [0.4, 0.5) is 0 Å². The van der Waals surface area contributed by atoms with Gasteiger partial charge in [-0.25, -0.2) is 0 Å². The Labute approximate surface area is 69.8 Å². The molecule has 1 aliphatic carbocycles. The number of aliphatic hydroxyl groups is 1. The summed E-state index contributed by atoms with van der Waals surface area (Å²) in [4.78, 5) is 0. The summed E-state index contributed by atoms with van der Waals surface area (Å²) < 4.78 is 5.11. The molecule has 1 aromatic heterocycles. The molecule has 0 aliphatic heterocycles. The van der Waals surface area contributed by atoms with E-state index in [1.54, 1.807) is 12.1 Å². The number of hydrogen-bond donors (Lipinski definition) is 1. The summed E-state index contributed by atoms with van der Waals surface area (Å²) in [6.07, 6.45) is 2.64. The zero-order valence-corrected chi connectivity index (χ0v) is 6.77. The summed E-state index contributed by atoms with van der Waals surface area (Å²) in [6.45, 7) is 0. The topological polar surface area (TPSA) is 33.4 Å². The first kappa shape index (κ1) is 7.19. The smallest absolute Gasteiger partial charge is 0.193 e. The zero-order chi connectivity index (χ0) is 7.90. The van der Waals surface area contributed by atoms with Gasteiger partial charge >= 0.3 is 0 Å². The Morgan fingerprint density at radius 3 is 2.55 bits per heavy atom. The predicted molar refractivity (Wildman–Crippen MR) is 41.5 cm³/mol. The minimum atomic E-state index is -0.715. The molecule has 3 heteroatoms. The van der Waals surface area contributed by atoms with Crippen LogP contribution in [0, 0.1) is 0 Å². The van der Waals surface area contributed by atoms with E-state index in [-0.39, 0.29) is 0 Å². The average Bonchev–Trinajstić information content (AvgIpc) is 2.31. The number of rotatable bonds is 1. The molecule has 2 nitrogen and oxygen atoms in total. The van der Waals surface area contributed by atoms with Crippen molar-refractivity contribution >= 4 is 11.6 Å². The van der Waals surface area contributed by atoms with Gasteiger partial charge in [0.25, 0.3) is 0 Å². The van der Waals surface area contributed by atoms with E-state index in [9.17, 15) is 5.11 Å². The van der Waals surface area contributed by atoms with Crippen LogP contribution in [0.1, 0.15) is 25.0 Å². The second-order valence-electron chi connectivity index (χ2n) is 2.99. The van der Waals surface area contributed by atoms with Crippen molar-refractivity contribution in [1.29, 1.82) is 0 Å². The second kappa shape index (κ2) is 2.26. The molecule has 0 bridgehead atoms. The maximum atomic E-state index is 9.74. The van der Waals surface area contributed by atoms with Gasteiger partial charge in [0, 0.05) is 0 Å². The third-order valence-corrected chi connectivity index (χ3v) is 2.42. The van der Waals surface area contributed by atoms with Crippen LogP contribution in [0.15, 0.2) is 16.5 Å². The standard InChI is InChI=1S/C8H9ClO2/c9-7-3-2-6(11-7)8(10)4-1-5-8/h2-3,10H,1,4-5H2. The molecule has 1 saturated carbocycles. The largest absolute Gasteiger partial charge is 0.447 e. The van der Waals surface area contributed by atoms with Gasteiger partial charge in [-0.2, -0.15) is 0 Å². The number of hydrogen-bond acceptors (Lipinski definition) is 2. The first-order valence-corrected chi connectivity index (χ1v) is 4.07. The van der Waals surface area contributed by atoms with E-state index in [2.05, 4.69) is 0 Å². The molecule has 60 valence electrons. The van der Waals surface area contributed by atoms with Crippen LogP contribution in [0.3, 0.4) is 0 Å². The molecule has 0 unspecified atom stereocenters. The lowest BCUT2D eigenvalue weighted by Crippen LogP contribution is -2.32. The van der Waals surface area contributed by atoms with Crippen LogP contribution in [0.5, 0.6) is 0 Å². The van der Waals surface area contributed by atoms with Crippen LogP contribution in [-0.4, -0.2) is 5.11 Å². The lowest BCUT2D eigenvalue weighted by atomic mass is 9.78. The van der Waals surface area contributed by atoms with E-state index in [0.717, 1.165) is 19.3 Å². The van der Waals surface area contributed by atoms with E-state index >= 15 is 0 Å². The molecular weight excluding hydrogens is 164 g/mol. The highest BCUT2D eigenvalue weighted by Crippen LogP contribution is 2.41. The third kappa shape index (κ3) is 1.06. The molecule has 0 spiro atoms. The van der Waals surface area contributed by atoms with Crippen molar-refractivity contribution in [3.05, 3.63) is 23.1 Å². The molecule has 11 heavy (non-hydrogen) atoms. The van der Waals surface area contributed by atoms with Gasteiger partial charge in [0.05, 0.1) is 0 Å². The summed E-state index contributed by atoms with van der Waals surface area (Å²) >= 11 is 5.57. The molecule has 0 saturated heterocycles. The van der Waals surface area contributed by atoms with Gasteiger partial charge < -0.3 is 9.52 Å². The highest BCUT2D eigenvalue weighted by Gasteiger charge is 2.39. The van der Waals surface area contributed by atoms with E-state index in [4.69, 9.17) is 16.0 Å². The highest BCUT2D eigenvalue weighted by atomic mass is 35.5. The molecule has 1 aromatic rings. The summed E-state index contributed by atoms with van der Waals surface area (Å²) in [5.41, 5.74) is -0.715. The first-order valence-electron chi connectivity index (χ1n) is 3.69. The Balaban J connectivity index is 2.28. The van der Waals surface area contributed by atoms with Crippen molar-refractivity contribution in [2.24, 2.45) is 0 Å². The molecule has 0 atom stereocenters. The lowest BCUT2D eigenvalue weighted by molar-refractivity contribution is -0.0565. The van der Waals surface area contributed by atoms with Crippen molar-refractivity contribution in [2.45, 2.75) is 24.9 Å². The van der Waals surface area contributed by atoms with E-state index in [1.807, 2.05) is 0 Å². The Morgan fingerprint density at radius 2 is 2.18 bits per heavy atom. The van der Waals surface area contributed by atoms with Crippen LogP contribution in [0.2, 0.25) is 5.22 Å². The molecule has 2 rings (SSSR count). The SMILES string of the molecule is OC1(c2ccc(Cl)o2)CCC1. The van der Waals surface area contributed by atoms with Gasteiger partial charge in [-0.15, -0.1) is 0 Å². The summed E-state index contributed by atoms with van der Waals surface area (Å²) in [5, 5.41) is 10.1. The van der Waals surface area contributed by atoms with Gasteiger partial charge in [0.1, 0.15) is 11.4 Å². The number of halogens is 1. The quantitative estimate of drug-likeness (QED) is 0.705. The zero-order valence-electron chi connectivity index (χ0n) is 6.01. The van der Waals surface area contributed by atoms with Gasteiger partial charge in [-0.05, 0) is 43.0 Å². The van der Waals surface area contributed by atoms with Crippen molar-refractivity contribution in [3.8, 4) is 0 Å². The number of furan rings is 1. The fourth-order valence-corrected chi connectivity index (χ4v) is 1.47. The first-order chi connectivity index (χ1) is 5.21. The van der Waals surface area contributed by atoms with Crippen LogP contribution < -0.4 is 0 Å². The maximum absolute atomic E-state index is 9.74. The minimum Gasteiger partial charge on any atom is -0.447 e. The van der Waals surface area contributed by atoms with Crippen molar-refractivity contribution < 1.29 is 9.52 Å². The van der Waals surface area contributed by atoms with Crippen molar-refractivity contribution in [1.82, 2.24) is 0 Å². The van der Waals surface area contributed by atoms with Gasteiger partial charge in [-0.1, -0.05) is 0 Å². The molecular formula is C8H9ClO2. The molecule has 0 aromatic carbocycles. The van der Waals surface area contributed by atoms with Crippen molar-refractivity contribution in [2.75, 3.05) is 0 Å². The van der Waals surface area contributed by atoms with Crippen LogP contribution >= 0.6 is 11.6 Å². The molecule has 0 amide bonds. The Bertz CT molecular complexity index is 263. The molecule has 1 heterocycles. The highest BCUT2D eigenvalue weighted by molar-refractivity contribution is 6.28. The predicted octanol–water partition coefficient (Wildman–Crippen LogP) is 2.30. The van der Waals surface area contributed by atoms with Gasteiger partial charge in [-0.3, -0.25) is 0 Å². The fourth-order valence-electron chi connectivity index (χ4n) is 1.32. The van der Waals surface area contributed by atoms with E-state index < -0.39 is 5.60 Å². The van der Waals surface area contributed by atoms with Crippen LogP contribution in [0.25, 0.3) is 0 Å². The Kier molecular flexibility index (Phi) is 1.48. The minimum absolute atomic E-state index is 0.348. The van der Waals surface area contributed by atoms with Crippen LogP contribution in [-0.2, 0) is 5.60 Å². The fraction of sp³-hybridized carbons (Fsp3) is 0.500. The Morgan fingerprint density at radius 1 is 1.45 bits per heavy atom. The second-order valence-corrected chi connectivity index (χ2v) is 3.36. The van der Waals surface area contributed by atoms with E-state index in [0.29, 0.717) is 11.0 Å². The molecule has 1 aliphatic rings. The molecule has 1 N–H and O–H groups in total. The summed E-state index contributed by atoms with van der Waals surface area (Å²) in [6, 6.07) is 3.40. The Hall–Kier alpha value is -0.470. The molecule has 0 radical (unpaired) electrons. The monoisotopic (exact) mass is 172 g/mol. The average molecular weight is 173 g/mol. The normalized spacial score (nSPS) is 21.3. The summed E-state index contributed by atoms with van der Waals surface area (Å²) in [5.74, 6) is 0.605. The molecule has 1 fully saturated rings. The van der Waals surface area contributed by atoms with Gasteiger partial charge in [0.2, 0.25) is 0 Å². The summed E-state index contributed by atoms with van der Waals surface area (Å²) in [7, 11) is 0. The lowest BCUT2D eigenvalue weighted by Gasteiger charge is -2.34. The van der Waals surface area contributed by atoms with Crippen molar-refractivity contribution in [3.63, 3.8) is 0 Å². The van der Waals surface area contributed by atoms with E-state index in [1.165, 1.54) is 0 Å². The maximum Gasteiger partial charge on any atom is 0.193 e. The third-order valence-electron chi connectivity index (χ3n) is 2.21. The van der Waals surface area contributed by atoms with Gasteiger partial charge in [0.15, 0.2) is 5.22 Å².